The minimum atomic E-state index is 0.522. The van der Waals surface area contributed by atoms with Gasteiger partial charge in [0.15, 0.2) is 0 Å². The van der Waals surface area contributed by atoms with E-state index in [0.29, 0.717) is 19.1 Å². The molecular weight excluding hydrogens is 240 g/mol. The average Bonchev–Trinajstić information content (AvgIpc) is 2.39. The molecule has 0 radical (unpaired) electrons. The number of aryl methyl sites for hydroxylation is 1. The fourth-order valence-electron chi connectivity index (χ4n) is 1.75. The van der Waals surface area contributed by atoms with E-state index in [1.54, 1.807) is 7.11 Å². The first-order valence-electron chi connectivity index (χ1n) is 6.95. The van der Waals surface area contributed by atoms with E-state index in [-0.39, 0.29) is 0 Å². The third-order valence-corrected chi connectivity index (χ3v) is 3.00. The van der Waals surface area contributed by atoms with Crippen molar-refractivity contribution in [2.75, 3.05) is 33.5 Å². The molecule has 0 fully saturated rings. The van der Waals surface area contributed by atoms with Gasteiger partial charge in [-0.25, -0.2) is 0 Å². The quantitative estimate of drug-likeness (QED) is 0.640. The lowest BCUT2D eigenvalue weighted by atomic mass is 10.0. The smallest absolute Gasteiger partial charge is 0.122 e. The van der Waals surface area contributed by atoms with E-state index in [9.17, 15) is 0 Å². The second kappa shape index (κ2) is 8.94. The normalized spacial score (nSPS) is 11.0. The molecule has 19 heavy (non-hydrogen) atoms. The summed E-state index contributed by atoms with van der Waals surface area (Å²) < 4.78 is 16.2. The lowest BCUT2D eigenvalue weighted by Crippen LogP contribution is -2.09. The molecule has 0 aromatic heterocycles. The molecule has 0 aliphatic heterocycles. The number of benzene rings is 1. The molecule has 108 valence electrons. The van der Waals surface area contributed by atoms with Crippen LogP contribution in [0.3, 0.4) is 0 Å². The number of hydrogen-bond acceptors (Lipinski definition) is 3. The largest absolute Gasteiger partial charge is 0.491 e. The molecule has 0 amide bonds. The minimum Gasteiger partial charge on any atom is -0.491 e. The van der Waals surface area contributed by atoms with Crippen molar-refractivity contribution in [3.63, 3.8) is 0 Å². The van der Waals surface area contributed by atoms with E-state index in [2.05, 4.69) is 39.0 Å². The molecule has 0 unspecified atom stereocenters. The van der Waals surface area contributed by atoms with Crippen LogP contribution in [0.15, 0.2) is 18.2 Å². The molecule has 0 aliphatic rings. The maximum Gasteiger partial charge on any atom is 0.122 e. The van der Waals surface area contributed by atoms with Crippen LogP contribution < -0.4 is 4.74 Å². The van der Waals surface area contributed by atoms with Crippen molar-refractivity contribution in [1.82, 2.24) is 0 Å². The van der Waals surface area contributed by atoms with Crippen molar-refractivity contribution in [2.24, 2.45) is 0 Å². The Morgan fingerprint density at radius 3 is 2.53 bits per heavy atom. The van der Waals surface area contributed by atoms with Crippen LogP contribution in [-0.2, 0) is 9.47 Å². The predicted molar refractivity (Wildman–Crippen MR) is 78.1 cm³/mol. The Kier molecular flexibility index (Phi) is 7.53. The van der Waals surface area contributed by atoms with Gasteiger partial charge >= 0.3 is 0 Å². The SMILES string of the molecule is COCCCOCCOc1cc(C(C)C)ccc1C. The van der Waals surface area contributed by atoms with Gasteiger partial charge in [-0.2, -0.15) is 0 Å². The van der Waals surface area contributed by atoms with Gasteiger partial charge in [-0.15, -0.1) is 0 Å². The fourth-order valence-corrected chi connectivity index (χ4v) is 1.75. The number of hydrogen-bond donors (Lipinski definition) is 0. The van der Waals surface area contributed by atoms with E-state index in [1.807, 2.05) is 0 Å². The van der Waals surface area contributed by atoms with E-state index in [0.717, 1.165) is 25.4 Å². The van der Waals surface area contributed by atoms with Gasteiger partial charge in [-0.05, 0) is 36.5 Å². The molecule has 1 rings (SSSR count). The van der Waals surface area contributed by atoms with E-state index in [4.69, 9.17) is 14.2 Å². The Bertz CT molecular complexity index is 361. The van der Waals surface area contributed by atoms with Crippen molar-refractivity contribution in [3.05, 3.63) is 29.3 Å². The first-order chi connectivity index (χ1) is 9.15. The highest BCUT2D eigenvalue weighted by Crippen LogP contribution is 2.24. The van der Waals surface area contributed by atoms with Crippen LogP contribution in [0.4, 0.5) is 0 Å². The van der Waals surface area contributed by atoms with Crippen LogP contribution in [-0.4, -0.2) is 33.5 Å². The summed E-state index contributed by atoms with van der Waals surface area (Å²) in [6.45, 7) is 9.13. The highest BCUT2D eigenvalue weighted by Gasteiger charge is 2.04. The van der Waals surface area contributed by atoms with Gasteiger partial charge in [0.1, 0.15) is 12.4 Å². The van der Waals surface area contributed by atoms with Crippen LogP contribution >= 0.6 is 0 Å². The molecule has 0 atom stereocenters. The molecule has 0 spiro atoms. The summed E-state index contributed by atoms with van der Waals surface area (Å²) >= 11 is 0. The van der Waals surface area contributed by atoms with Gasteiger partial charge in [0.05, 0.1) is 6.61 Å². The van der Waals surface area contributed by atoms with E-state index < -0.39 is 0 Å². The zero-order chi connectivity index (χ0) is 14.1. The molecule has 0 aliphatic carbocycles. The van der Waals surface area contributed by atoms with Gasteiger partial charge in [0, 0.05) is 20.3 Å². The third-order valence-electron chi connectivity index (χ3n) is 3.00. The second-order valence-electron chi connectivity index (χ2n) is 4.99. The summed E-state index contributed by atoms with van der Waals surface area (Å²) in [5.74, 6) is 1.49. The Morgan fingerprint density at radius 2 is 1.84 bits per heavy atom. The Hall–Kier alpha value is -1.06. The van der Waals surface area contributed by atoms with Crippen LogP contribution in [0.1, 0.15) is 37.3 Å². The monoisotopic (exact) mass is 266 g/mol. The summed E-state index contributed by atoms with van der Waals surface area (Å²) in [5, 5.41) is 0. The van der Waals surface area contributed by atoms with Gasteiger partial charge in [0.25, 0.3) is 0 Å². The number of rotatable bonds is 9. The van der Waals surface area contributed by atoms with Crippen molar-refractivity contribution in [1.29, 1.82) is 0 Å². The summed E-state index contributed by atoms with van der Waals surface area (Å²) in [6, 6.07) is 6.41. The molecular formula is C16H26O3. The van der Waals surface area contributed by atoms with Crippen molar-refractivity contribution < 1.29 is 14.2 Å². The highest BCUT2D eigenvalue weighted by atomic mass is 16.5. The fraction of sp³-hybridized carbons (Fsp3) is 0.625. The Morgan fingerprint density at radius 1 is 1.05 bits per heavy atom. The minimum absolute atomic E-state index is 0.522. The van der Waals surface area contributed by atoms with Crippen LogP contribution in [0.2, 0.25) is 0 Å². The van der Waals surface area contributed by atoms with Gasteiger partial charge in [-0.1, -0.05) is 26.0 Å². The number of methoxy groups -OCH3 is 1. The molecule has 3 heteroatoms. The lowest BCUT2D eigenvalue weighted by molar-refractivity contribution is 0.0805. The van der Waals surface area contributed by atoms with Crippen molar-refractivity contribution in [2.45, 2.75) is 33.1 Å². The summed E-state index contributed by atoms with van der Waals surface area (Å²) in [5.41, 5.74) is 2.48. The zero-order valence-corrected chi connectivity index (χ0v) is 12.6. The summed E-state index contributed by atoms with van der Waals surface area (Å²) in [4.78, 5) is 0. The highest BCUT2D eigenvalue weighted by molar-refractivity contribution is 5.37. The summed E-state index contributed by atoms with van der Waals surface area (Å²) in [7, 11) is 1.70. The first kappa shape index (κ1) is 16.0. The molecule has 0 heterocycles. The zero-order valence-electron chi connectivity index (χ0n) is 12.6. The average molecular weight is 266 g/mol. The molecule has 1 aromatic carbocycles. The standard InChI is InChI=1S/C16H26O3/c1-13(2)15-7-6-14(3)16(12-15)19-11-10-18-9-5-8-17-4/h6-7,12-13H,5,8-11H2,1-4H3. The Labute approximate surface area is 116 Å². The van der Waals surface area contributed by atoms with E-state index >= 15 is 0 Å². The molecule has 1 aromatic rings. The molecule has 0 bridgehead atoms. The first-order valence-corrected chi connectivity index (χ1v) is 6.95. The van der Waals surface area contributed by atoms with Crippen LogP contribution in [0.5, 0.6) is 5.75 Å². The van der Waals surface area contributed by atoms with Crippen molar-refractivity contribution >= 4 is 0 Å². The second-order valence-corrected chi connectivity index (χ2v) is 4.99. The molecule has 3 nitrogen and oxygen atoms in total. The van der Waals surface area contributed by atoms with Crippen LogP contribution in [0, 0.1) is 6.92 Å². The topological polar surface area (TPSA) is 27.7 Å². The summed E-state index contributed by atoms with van der Waals surface area (Å²) in [6.07, 6.45) is 0.929. The maximum atomic E-state index is 5.78. The molecule has 0 saturated heterocycles. The van der Waals surface area contributed by atoms with Gasteiger partial charge in [-0.3, -0.25) is 0 Å². The van der Waals surface area contributed by atoms with Gasteiger partial charge < -0.3 is 14.2 Å². The molecule has 0 saturated carbocycles. The van der Waals surface area contributed by atoms with Gasteiger partial charge in [0.2, 0.25) is 0 Å². The number of ether oxygens (including phenoxy) is 3. The van der Waals surface area contributed by atoms with Crippen molar-refractivity contribution in [3.8, 4) is 5.75 Å². The third kappa shape index (κ3) is 6.08. The van der Waals surface area contributed by atoms with E-state index in [1.165, 1.54) is 11.1 Å². The Balaban J connectivity index is 2.30. The predicted octanol–water partition coefficient (Wildman–Crippen LogP) is 3.55. The maximum absolute atomic E-state index is 5.78. The molecule has 0 N–H and O–H groups in total. The van der Waals surface area contributed by atoms with Crippen LogP contribution in [0.25, 0.3) is 0 Å². The lowest BCUT2D eigenvalue weighted by Gasteiger charge is -2.13.